The minimum Gasteiger partial charge on any atom is -0.459 e. The Labute approximate surface area is 145 Å². The summed E-state index contributed by atoms with van der Waals surface area (Å²) in [5.41, 5.74) is 0. The molecule has 8 atom stereocenters. The Hall–Kier alpha value is -0.580. The topological polar surface area (TPSA) is 65.0 Å². The summed E-state index contributed by atoms with van der Waals surface area (Å²) in [6, 6.07) is 0. The van der Waals surface area contributed by atoms with Gasteiger partial charge >= 0.3 is 17.1 Å². The highest BCUT2D eigenvalue weighted by molar-refractivity contribution is 7.96. The van der Waals surface area contributed by atoms with Crippen molar-refractivity contribution in [1.82, 2.24) is 0 Å². The van der Waals surface area contributed by atoms with E-state index < -0.39 is 35.3 Å². The lowest BCUT2D eigenvalue weighted by Crippen LogP contribution is -2.49. The first kappa shape index (κ1) is 17.8. The average molecular weight is 386 g/mol. The molecule has 0 radical (unpaired) electrons. The summed E-state index contributed by atoms with van der Waals surface area (Å²) >= 11 is -0.965. The van der Waals surface area contributed by atoms with Gasteiger partial charge in [-0.15, -0.1) is 4.33 Å². The van der Waals surface area contributed by atoms with E-state index in [0.717, 1.165) is 19.3 Å². The highest BCUT2D eigenvalue weighted by atomic mass is 32.2. The van der Waals surface area contributed by atoms with E-state index >= 15 is 0 Å². The number of hydrogen-bond donors (Lipinski definition) is 1. The van der Waals surface area contributed by atoms with Crippen molar-refractivity contribution < 1.29 is 41.7 Å². The van der Waals surface area contributed by atoms with Gasteiger partial charge in [-0.2, -0.15) is 13.2 Å². The molecule has 0 aliphatic heterocycles. The summed E-state index contributed by atoms with van der Waals surface area (Å²) in [6.07, 6.45) is -1.41. The van der Waals surface area contributed by atoms with Gasteiger partial charge in [-0.1, -0.05) is 5.04 Å². The molecule has 0 aromatic heterocycles. The lowest BCUT2D eigenvalue weighted by atomic mass is 9.70. The molecule has 10 heteroatoms. The van der Waals surface area contributed by atoms with Crippen molar-refractivity contribution in [3.8, 4) is 0 Å². The summed E-state index contributed by atoms with van der Waals surface area (Å²) in [5, 5.41) is 6.54. The first-order chi connectivity index (χ1) is 11.8. The van der Waals surface area contributed by atoms with Gasteiger partial charge < -0.3 is 4.74 Å². The molecule has 8 unspecified atom stereocenters. The van der Waals surface area contributed by atoms with Crippen molar-refractivity contribution in [2.24, 2.45) is 35.5 Å². The molecule has 0 spiro atoms. The molecule has 5 nitrogen and oxygen atoms in total. The molecule has 0 aromatic carbocycles. The van der Waals surface area contributed by atoms with Crippen LogP contribution >= 0.6 is 12.0 Å². The van der Waals surface area contributed by atoms with Crippen molar-refractivity contribution in [2.45, 2.75) is 49.4 Å². The van der Waals surface area contributed by atoms with Crippen LogP contribution in [0.25, 0.3) is 0 Å². The first-order valence-corrected chi connectivity index (χ1v) is 9.13. The molecule has 4 aliphatic rings. The molecule has 4 saturated carbocycles. The van der Waals surface area contributed by atoms with Crippen LogP contribution in [0.5, 0.6) is 0 Å². The van der Waals surface area contributed by atoms with Crippen LogP contribution in [0.1, 0.15) is 32.1 Å². The number of esters is 1. The van der Waals surface area contributed by atoms with Crippen molar-refractivity contribution >= 4 is 18.0 Å². The van der Waals surface area contributed by atoms with E-state index in [1.54, 1.807) is 0 Å². The third-order valence-electron chi connectivity index (χ3n) is 6.74. The van der Waals surface area contributed by atoms with Crippen molar-refractivity contribution in [3.05, 3.63) is 0 Å². The molecule has 1 N–H and O–H groups in total. The molecule has 4 rings (SSSR count). The molecule has 0 heterocycles. The van der Waals surface area contributed by atoms with Gasteiger partial charge in [0.2, 0.25) is 0 Å². The Morgan fingerprint density at radius 3 is 2.32 bits per heavy atom. The smallest absolute Gasteiger partial charge is 0.446 e. The Bertz CT molecular complexity index is 561. The van der Waals surface area contributed by atoms with Crippen molar-refractivity contribution in [2.75, 3.05) is 0 Å². The normalized spacial score (nSPS) is 44.0. The fourth-order valence-corrected chi connectivity index (χ4v) is 6.45. The molecule has 4 aliphatic carbocycles. The number of halogens is 4. The summed E-state index contributed by atoms with van der Waals surface area (Å²) in [6.45, 7) is 0. The van der Waals surface area contributed by atoms with Crippen LogP contribution in [0.15, 0.2) is 0 Å². The Kier molecular flexibility index (Phi) is 4.25. The van der Waals surface area contributed by atoms with Crippen LogP contribution in [0.4, 0.5) is 17.6 Å². The van der Waals surface area contributed by atoms with Crippen molar-refractivity contribution in [3.63, 3.8) is 0 Å². The lowest BCUT2D eigenvalue weighted by Gasteiger charge is -2.38. The zero-order chi connectivity index (χ0) is 18.0. The molecular formula is C15H18F4O5S. The minimum absolute atomic E-state index is 0.0201. The SMILES string of the molecule is O=C(OC1CC2CC1C1C3CCC(C3)C21)C(F)(SOOO)C(F)(F)F. The third kappa shape index (κ3) is 2.59. The van der Waals surface area contributed by atoms with E-state index in [1.807, 2.05) is 0 Å². The predicted molar refractivity (Wildman–Crippen MR) is 76.2 cm³/mol. The fourth-order valence-electron chi connectivity index (χ4n) is 6.11. The molecule has 25 heavy (non-hydrogen) atoms. The highest BCUT2D eigenvalue weighted by Gasteiger charge is 2.68. The monoisotopic (exact) mass is 386 g/mol. The van der Waals surface area contributed by atoms with Crippen LogP contribution in [-0.2, 0) is 18.9 Å². The van der Waals surface area contributed by atoms with E-state index in [-0.39, 0.29) is 5.92 Å². The molecule has 0 amide bonds. The van der Waals surface area contributed by atoms with Gasteiger partial charge in [0.15, 0.2) is 0 Å². The second-order valence-corrected chi connectivity index (χ2v) is 8.51. The van der Waals surface area contributed by atoms with Crippen LogP contribution in [0.3, 0.4) is 0 Å². The van der Waals surface area contributed by atoms with Gasteiger partial charge in [-0.05, 0) is 67.6 Å². The molecule has 0 saturated heterocycles. The van der Waals surface area contributed by atoms with Gasteiger partial charge in [0, 0.05) is 0 Å². The van der Waals surface area contributed by atoms with Crippen LogP contribution in [-0.4, -0.2) is 28.5 Å². The maximum atomic E-state index is 14.2. The number of carbonyl (C=O) groups excluding carboxylic acids is 1. The minimum atomic E-state index is -5.57. The molecule has 0 aromatic rings. The maximum Gasteiger partial charge on any atom is 0.446 e. The van der Waals surface area contributed by atoms with Crippen LogP contribution in [0, 0.1) is 35.5 Å². The maximum absolute atomic E-state index is 14.2. The number of hydrogen-bond acceptors (Lipinski definition) is 6. The van der Waals surface area contributed by atoms with E-state index in [1.165, 1.54) is 6.42 Å². The quantitative estimate of drug-likeness (QED) is 0.193. The number of fused-ring (bicyclic) bond motifs is 9. The van der Waals surface area contributed by atoms with Gasteiger partial charge in [0.1, 0.15) is 6.10 Å². The first-order valence-electron chi connectivity index (χ1n) is 8.39. The number of alkyl halides is 4. The van der Waals surface area contributed by atoms with E-state index in [0.29, 0.717) is 36.0 Å². The zero-order valence-corrected chi connectivity index (χ0v) is 13.9. The fraction of sp³-hybridized carbons (Fsp3) is 0.933. The van der Waals surface area contributed by atoms with Crippen LogP contribution < -0.4 is 0 Å². The highest BCUT2D eigenvalue weighted by Crippen LogP contribution is 2.68. The van der Waals surface area contributed by atoms with Gasteiger partial charge in [-0.25, -0.2) is 14.4 Å². The summed E-state index contributed by atoms with van der Waals surface area (Å²) in [5.74, 6) is 0.558. The number of ether oxygens (including phenoxy) is 1. The lowest BCUT2D eigenvalue weighted by molar-refractivity contribution is -0.433. The van der Waals surface area contributed by atoms with E-state index in [4.69, 9.17) is 9.99 Å². The number of rotatable bonds is 5. The molecule has 142 valence electrons. The zero-order valence-electron chi connectivity index (χ0n) is 13.1. The second kappa shape index (κ2) is 5.97. The van der Waals surface area contributed by atoms with Gasteiger partial charge in [-0.3, -0.25) is 0 Å². The standard InChI is InChI=1S/C15H18F4O5S/c16-14(15(17,18)19,25-24-23-21)13(20)22-10-5-8-4-9(10)12-7-2-1-6(3-7)11(8)12/h6-12,21H,1-5H2. The Morgan fingerprint density at radius 2 is 1.68 bits per heavy atom. The van der Waals surface area contributed by atoms with E-state index in [9.17, 15) is 22.4 Å². The van der Waals surface area contributed by atoms with Crippen LogP contribution in [0.2, 0.25) is 0 Å². The molecule has 4 bridgehead atoms. The van der Waals surface area contributed by atoms with Gasteiger partial charge in [0.05, 0.1) is 12.0 Å². The predicted octanol–water partition coefficient (Wildman–Crippen LogP) is 3.90. The number of carbonyl (C=O) groups is 1. The van der Waals surface area contributed by atoms with Crippen molar-refractivity contribution in [1.29, 1.82) is 0 Å². The summed E-state index contributed by atoms with van der Waals surface area (Å²) < 4.78 is 61.7. The average Bonchev–Trinajstić information content (AvgIpc) is 3.29. The Balaban J connectivity index is 1.46. The second-order valence-electron chi connectivity index (χ2n) is 7.65. The molecule has 4 fully saturated rings. The summed E-state index contributed by atoms with van der Waals surface area (Å²) in [7, 11) is 0. The van der Waals surface area contributed by atoms with Gasteiger partial charge in [0.25, 0.3) is 0 Å². The largest absolute Gasteiger partial charge is 0.459 e. The third-order valence-corrected chi connectivity index (χ3v) is 7.49. The van der Waals surface area contributed by atoms with E-state index in [2.05, 4.69) is 9.37 Å². The Morgan fingerprint density at radius 1 is 1.00 bits per heavy atom. The molecular weight excluding hydrogens is 368 g/mol. The summed E-state index contributed by atoms with van der Waals surface area (Å²) in [4.78, 5) is 11.9.